The van der Waals surface area contributed by atoms with Crippen LogP contribution in [0.2, 0.25) is 0 Å². The summed E-state index contributed by atoms with van der Waals surface area (Å²) in [4.78, 5) is 14.4. The van der Waals surface area contributed by atoms with E-state index in [1.165, 1.54) is 34.0 Å². The van der Waals surface area contributed by atoms with Gasteiger partial charge in [-0.3, -0.25) is 4.79 Å². The van der Waals surface area contributed by atoms with Crippen LogP contribution in [0.15, 0.2) is 55.1 Å². The Kier molecular flexibility index (Phi) is 3.11. The third kappa shape index (κ3) is 1.91. The highest BCUT2D eigenvalue weighted by molar-refractivity contribution is 5.97. The van der Waals surface area contributed by atoms with E-state index in [4.69, 9.17) is 0 Å². The molecule has 1 fully saturated rings. The van der Waals surface area contributed by atoms with E-state index in [2.05, 4.69) is 53.9 Å². The van der Waals surface area contributed by atoms with Crippen molar-refractivity contribution in [3.05, 3.63) is 66.2 Å². The number of anilines is 1. The Morgan fingerprint density at radius 2 is 1.95 bits per heavy atom. The average molecular weight is 289 g/mol. The second kappa shape index (κ2) is 5.13. The van der Waals surface area contributed by atoms with E-state index in [1.807, 2.05) is 0 Å². The first-order chi connectivity index (χ1) is 10.8. The zero-order valence-corrected chi connectivity index (χ0v) is 12.6. The number of hydrogen-bond donors (Lipinski definition) is 0. The molecule has 2 aromatic carbocycles. The molecular formula is C20H19NO. The maximum absolute atomic E-state index is 12.2. The number of ketones is 1. The number of benzene rings is 2. The predicted molar refractivity (Wildman–Crippen MR) is 90.3 cm³/mol. The number of hydrogen-bond acceptors (Lipinski definition) is 2. The molecule has 1 aliphatic heterocycles. The van der Waals surface area contributed by atoms with Gasteiger partial charge >= 0.3 is 0 Å². The Bertz CT molecular complexity index is 762. The van der Waals surface area contributed by atoms with E-state index in [1.54, 1.807) is 0 Å². The van der Waals surface area contributed by atoms with Crippen molar-refractivity contribution in [1.29, 1.82) is 0 Å². The molecule has 4 rings (SSSR count). The fourth-order valence-corrected chi connectivity index (χ4v) is 3.90. The Labute approximate surface area is 131 Å². The zero-order chi connectivity index (χ0) is 15.1. The first-order valence-corrected chi connectivity index (χ1v) is 7.92. The normalized spacial score (nSPS) is 18.9. The van der Waals surface area contributed by atoms with E-state index < -0.39 is 0 Å². The summed E-state index contributed by atoms with van der Waals surface area (Å²) in [6, 6.07) is 15.0. The standard InChI is InChI=1S/C20H19NO/c1-2-20(22)19-11-6-12-21(19)18-10-5-9-16-15-8-4-3-7-14(15)13-17(16)18/h2-5,7-10,19H,1,6,11-13H2. The molecule has 110 valence electrons. The van der Waals surface area contributed by atoms with Crippen LogP contribution in [0.25, 0.3) is 11.1 Å². The van der Waals surface area contributed by atoms with Crippen LogP contribution in [0.4, 0.5) is 5.69 Å². The summed E-state index contributed by atoms with van der Waals surface area (Å²) in [7, 11) is 0. The Morgan fingerprint density at radius 3 is 2.82 bits per heavy atom. The molecule has 1 atom stereocenters. The van der Waals surface area contributed by atoms with Crippen LogP contribution in [0.1, 0.15) is 24.0 Å². The SMILES string of the molecule is C=CC(=O)C1CCCN1c1cccc2c1Cc1ccccc1-2. The average Bonchev–Trinajstić information content (AvgIpc) is 3.18. The van der Waals surface area contributed by atoms with Crippen LogP contribution < -0.4 is 4.90 Å². The minimum Gasteiger partial charge on any atom is -0.361 e. The lowest BCUT2D eigenvalue weighted by Crippen LogP contribution is -2.35. The summed E-state index contributed by atoms with van der Waals surface area (Å²) < 4.78 is 0. The second-order valence-corrected chi connectivity index (χ2v) is 6.10. The largest absolute Gasteiger partial charge is 0.361 e. The molecule has 0 saturated carbocycles. The number of rotatable bonds is 3. The molecule has 1 aliphatic carbocycles. The van der Waals surface area contributed by atoms with Crippen molar-refractivity contribution in [3.63, 3.8) is 0 Å². The maximum Gasteiger partial charge on any atom is 0.177 e. The Balaban J connectivity index is 1.79. The molecule has 0 aromatic heterocycles. The lowest BCUT2D eigenvalue weighted by molar-refractivity contribution is -0.115. The smallest absolute Gasteiger partial charge is 0.177 e. The molecule has 1 unspecified atom stereocenters. The summed E-state index contributed by atoms with van der Waals surface area (Å²) in [6.07, 6.45) is 4.44. The molecule has 0 bridgehead atoms. The van der Waals surface area contributed by atoms with Crippen LogP contribution in [0.3, 0.4) is 0 Å². The van der Waals surface area contributed by atoms with Crippen molar-refractivity contribution in [3.8, 4) is 11.1 Å². The van der Waals surface area contributed by atoms with Crippen molar-refractivity contribution in [2.45, 2.75) is 25.3 Å². The molecule has 1 saturated heterocycles. The van der Waals surface area contributed by atoms with Gasteiger partial charge in [-0.15, -0.1) is 0 Å². The third-order valence-corrected chi connectivity index (χ3v) is 4.92. The highest BCUT2D eigenvalue weighted by Gasteiger charge is 2.32. The molecule has 2 heteroatoms. The van der Waals surface area contributed by atoms with Gasteiger partial charge < -0.3 is 4.90 Å². The minimum absolute atomic E-state index is 0.0345. The lowest BCUT2D eigenvalue weighted by atomic mass is 10.0. The van der Waals surface area contributed by atoms with E-state index in [-0.39, 0.29) is 11.8 Å². The van der Waals surface area contributed by atoms with Crippen molar-refractivity contribution >= 4 is 11.5 Å². The highest BCUT2D eigenvalue weighted by atomic mass is 16.1. The van der Waals surface area contributed by atoms with Crippen LogP contribution >= 0.6 is 0 Å². The van der Waals surface area contributed by atoms with E-state index >= 15 is 0 Å². The zero-order valence-electron chi connectivity index (χ0n) is 12.6. The number of nitrogens with zero attached hydrogens (tertiary/aromatic N) is 1. The molecule has 2 aliphatic rings. The first kappa shape index (κ1) is 13.3. The van der Waals surface area contributed by atoms with Gasteiger partial charge in [-0.25, -0.2) is 0 Å². The molecule has 2 aromatic rings. The van der Waals surface area contributed by atoms with Crippen molar-refractivity contribution in [2.75, 3.05) is 11.4 Å². The quantitative estimate of drug-likeness (QED) is 0.680. The van der Waals surface area contributed by atoms with Crippen molar-refractivity contribution in [2.24, 2.45) is 0 Å². The topological polar surface area (TPSA) is 20.3 Å². The summed E-state index contributed by atoms with van der Waals surface area (Å²) >= 11 is 0. The number of fused-ring (bicyclic) bond motifs is 3. The molecule has 0 radical (unpaired) electrons. The van der Waals surface area contributed by atoms with Gasteiger partial charge in [0.15, 0.2) is 5.78 Å². The van der Waals surface area contributed by atoms with Gasteiger partial charge in [0, 0.05) is 18.7 Å². The first-order valence-electron chi connectivity index (χ1n) is 7.92. The minimum atomic E-state index is -0.0345. The van der Waals surface area contributed by atoms with E-state index in [0.717, 1.165) is 25.8 Å². The summed E-state index contributed by atoms with van der Waals surface area (Å²) in [5.74, 6) is 0.144. The van der Waals surface area contributed by atoms with Crippen molar-refractivity contribution in [1.82, 2.24) is 0 Å². The van der Waals surface area contributed by atoms with Crippen LogP contribution in [0.5, 0.6) is 0 Å². The molecular weight excluding hydrogens is 270 g/mol. The fourth-order valence-electron chi connectivity index (χ4n) is 3.90. The molecule has 1 heterocycles. The molecule has 0 N–H and O–H groups in total. The van der Waals surface area contributed by atoms with Crippen LogP contribution in [-0.4, -0.2) is 18.4 Å². The molecule has 0 spiro atoms. The third-order valence-electron chi connectivity index (χ3n) is 4.92. The van der Waals surface area contributed by atoms with Gasteiger partial charge in [0.25, 0.3) is 0 Å². The Hall–Kier alpha value is -2.35. The summed E-state index contributed by atoms with van der Waals surface area (Å²) in [5, 5.41) is 0. The van der Waals surface area contributed by atoms with Gasteiger partial charge in [-0.05, 0) is 47.2 Å². The van der Waals surface area contributed by atoms with Crippen molar-refractivity contribution < 1.29 is 4.79 Å². The lowest BCUT2D eigenvalue weighted by Gasteiger charge is -2.27. The second-order valence-electron chi connectivity index (χ2n) is 6.10. The predicted octanol–water partition coefficient (Wildman–Crippen LogP) is 3.98. The highest BCUT2D eigenvalue weighted by Crippen LogP contribution is 2.42. The van der Waals surface area contributed by atoms with E-state index in [9.17, 15) is 4.79 Å². The van der Waals surface area contributed by atoms with Gasteiger partial charge in [-0.2, -0.15) is 0 Å². The number of carbonyl (C=O) groups is 1. The summed E-state index contributed by atoms with van der Waals surface area (Å²) in [6.45, 7) is 4.62. The fraction of sp³-hybridized carbons (Fsp3) is 0.250. The van der Waals surface area contributed by atoms with Gasteiger partial charge in [-0.1, -0.05) is 43.0 Å². The Morgan fingerprint density at radius 1 is 1.14 bits per heavy atom. The molecule has 0 amide bonds. The van der Waals surface area contributed by atoms with Gasteiger partial charge in [0.05, 0.1) is 6.04 Å². The van der Waals surface area contributed by atoms with Crippen LogP contribution in [0, 0.1) is 0 Å². The maximum atomic E-state index is 12.2. The number of carbonyl (C=O) groups excluding carboxylic acids is 1. The van der Waals surface area contributed by atoms with E-state index in [0.29, 0.717) is 0 Å². The van der Waals surface area contributed by atoms with Gasteiger partial charge in [0.1, 0.15) is 0 Å². The molecule has 22 heavy (non-hydrogen) atoms. The molecule has 2 nitrogen and oxygen atoms in total. The summed E-state index contributed by atoms with van der Waals surface area (Å²) in [5.41, 5.74) is 6.64. The van der Waals surface area contributed by atoms with Crippen LogP contribution in [-0.2, 0) is 11.2 Å². The van der Waals surface area contributed by atoms with Gasteiger partial charge in [0.2, 0.25) is 0 Å². The monoisotopic (exact) mass is 289 g/mol.